The van der Waals surface area contributed by atoms with Gasteiger partial charge in [0.2, 0.25) is 0 Å². The van der Waals surface area contributed by atoms with E-state index in [1.807, 2.05) is 6.92 Å². The highest BCUT2D eigenvalue weighted by Crippen LogP contribution is 2.37. The summed E-state index contributed by atoms with van der Waals surface area (Å²) in [6, 6.07) is 20.3. The summed E-state index contributed by atoms with van der Waals surface area (Å²) in [6.07, 6.45) is -1.02. The number of carbonyl (C=O) groups is 1. The highest BCUT2D eigenvalue weighted by Gasteiger charge is 2.37. The van der Waals surface area contributed by atoms with E-state index in [9.17, 15) is 13.2 Å². The summed E-state index contributed by atoms with van der Waals surface area (Å²) in [4.78, 5) is 13.1. The maximum absolute atomic E-state index is 13.4. The summed E-state index contributed by atoms with van der Waals surface area (Å²) in [6.45, 7) is 1.75. The smallest absolute Gasteiger partial charge is 0.267 e. The summed E-state index contributed by atoms with van der Waals surface area (Å²) in [5.41, 5.74) is 1.91. The molecule has 0 aromatic heterocycles. The van der Waals surface area contributed by atoms with Crippen molar-refractivity contribution in [1.29, 1.82) is 0 Å². The van der Waals surface area contributed by atoms with Crippen LogP contribution in [0.15, 0.2) is 77.7 Å². The van der Waals surface area contributed by atoms with Crippen LogP contribution < -0.4 is 19.1 Å². The largest absolute Gasteiger partial charge is 0.497 e. The van der Waals surface area contributed by atoms with Crippen molar-refractivity contribution in [1.82, 2.24) is 0 Å². The number of sulfonamides is 1. The van der Waals surface area contributed by atoms with Crippen LogP contribution >= 0.6 is 0 Å². The van der Waals surface area contributed by atoms with Crippen LogP contribution in [-0.4, -0.2) is 34.1 Å². The van der Waals surface area contributed by atoms with Gasteiger partial charge in [-0.1, -0.05) is 29.8 Å². The lowest BCUT2D eigenvalue weighted by atomic mass is 10.2. The first-order valence-corrected chi connectivity index (χ1v) is 11.1. The van der Waals surface area contributed by atoms with E-state index in [0.717, 1.165) is 5.56 Å². The van der Waals surface area contributed by atoms with Gasteiger partial charge in [0.25, 0.3) is 15.9 Å². The fraction of sp³-hybridized carbons (Fsp3) is 0.174. The molecule has 1 heterocycles. The molecule has 1 aliphatic rings. The average Bonchev–Trinajstić information content (AvgIpc) is 2.79. The van der Waals surface area contributed by atoms with Crippen LogP contribution in [0.25, 0.3) is 0 Å². The van der Waals surface area contributed by atoms with E-state index in [2.05, 4.69) is 5.32 Å². The molecule has 7 nitrogen and oxygen atoms in total. The molecule has 160 valence electrons. The molecule has 1 atom stereocenters. The monoisotopic (exact) mass is 438 g/mol. The molecule has 3 aromatic rings. The zero-order valence-corrected chi connectivity index (χ0v) is 17.9. The van der Waals surface area contributed by atoms with Gasteiger partial charge in [0.05, 0.1) is 24.2 Å². The summed E-state index contributed by atoms with van der Waals surface area (Å²) in [5.74, 6) is 0.555. The Morgan fingerprint density at radius 1 is 1.03 bits per heavy atom. The minimum absolute atomic E-state index is 0.144. The molecule has 0 spiro atoms. The average molecular weight is 439 g/mol. The Morgan fingerprint density at radius 2 is 1.71 bits per heavy atom. The lowest BCUT2D eigenvalue weighted by molar-refractivity contribution is -0.122. The Balaban J connectivity index is 1.63. The number of methoxy groups -OCH3 is 1. The summed E-state index contributed by atoms with van der Waals surface area (Å²) in [7, 11) is -2.32. The van der Waals surface area contributed by atoms with Crippen molar-refractivity contribution < 1.29 is 22.7 Å². The predicted molar refractivity (Wildman–Crippen MR) is 118 cm³/mol. The number of para-hydroxylation sites is 2. The van der Waals surface area contributed by atoms with Gasteiger partial charge in [0, 0.05) is 5.69 Å². The second-order valence-electron chi connectivity index (χ2n) is 7.14. The van der Waals surface area contributed by atoms with Crippen LogP contribution in [0.3, 0.4) is 0 Å². The molecule has 1 amide bonds. The van der Waals surface area contributed by atoms with Crippen LogP contribution in [0, 0.1) is 6.92 Å². The summed E-state index contributed by atoms with van der Waals surface area (Å²) >= 11 is 0. The number of ether oxygens (including phenoxy) is 2. The van der Waals surface area contributed by atoms with Crippen molar-refractivity contribution in [3.63, 3.8) is 0 Å². The van der Waals surface area contributed by atoms with Crippen molar-refractivity contribution in [3.05, 3.63) is 78.4 Å². The van der Waals surface area contributed by atoms with Crippen molar-refractivity contribution in [3.8, 4) is 11.5 Å². The second-order valence-corrected chi connectivity index (χ2v) is 9.00. The number of rotatable bonds is 5. The second kappa shape index (κ2) is 8.31. The number of amides is 1. The van der Waals surface area contributed by atoms with Crippen molar-refractivity contribution >= 4 is 27.3 Å². The van der Waals surface area contributed by atoms with E-state index in [1.54, 1.807) is 79.9 Å². The number of aryl methyl sites for hydroxylation is 1. The summed E-state index contributed by atoms with van der Waals surface area (Å²) in [5, 5.41) is 2.77. The van der Waals surface area contributed by atoms with Crippen LogP contribution in [0.1, 0.15) is 5.56 Å². The highest BCUT2D eigenvalue weighted by atomic mass is 32.2. The third-order valence-corrected chi connectivity index (χ3v) is 6.79. The number of hydrogen-bond acceptors (Lipinski definition) is 5. The molecule has 0 bridgehead atoms. The zero-order chi connectivity index (χ0) is 22.0. The quantitative estimate of drug-likeness (QED) is 0.658. The maximum atomic E-state index is 13.4. The topological polar surface area (TPSA) is 84.9 Å². The Morgan fingerprint density at radius 3 is 2.39 bits per heavy atom. The zero-order valence-electron chi connectivity index (χ0n) is 17.1. The van der Waals surface area contributed by atoms with E-state index in [1.165, 1.54) is 4.31 Å². The first kappa shape index (κ1) is 20.7. The predicted octanol–water partition coefficient (Wildman–Crippen LogP) is 3.60. The fourth-order valence-corrected chi connectivity index (χ4v) is 4.78. The number of nitrogens with one attached hydrogen (secondary N) is 1. The van der Waals surface area contributed by atoms with Crippen LogP contribution in [0.4, 0.5) is 11.4 Å². The number of benzene rings is 3. The molecule has 3 aromatic carbocycles. The first-order chi connectivity index (χ1) is 14.9. The Bertz CT molecular complexity index is 1190. The van der Waals surface area contributed by atoms with E-state index in [4.69, 9.17) is 9.47 Å². The van der Waals surface area contributed by atoms with Gasteiger partial charge in [0.1, 0.15) is 11.5 Å². The number of hydrogen-bond donors (Lipinski definition) is 1. The third-order valence-electron chi connectivity index (χ3n) is 4.99. The minimum Gasteiger partial charge on any atom is -0.497 e. The fourth-order valence-electron chi connectivity index (χ4n) is 3.30. The number of anilines is 2. The normalized spacial score (nSPS) is 15.5. The lowest BCUT2D eigenvalue weighted by Crippen LogP contribution is -2.48. The van der Waals surface area contributed by atoms with Gasteiger partial charge in [-0.15, -0.1) is 0 Å². The van der Waals surface area contributed by atoms with Gasteiger partial charge in [-0.3, -0.25) is 9.10 Å². The molecule has 0 saturated heterocycles. The van der Waals surface area contributed by atoms with Crippen molar-refractivity contribution in [2.24, 2.45) is 0 Å². The molecular weight excluding hydrogens is 416 g/mol. The van der Waals surface area contributed by atoms with Crippen LogP contribution in [0.2, 0.25) is 0 Å². The minimum atomic E-state index is -3.88. The van der Waals surface area contributed by atoms with Gasteiger partial charge in [-0.25, -0.2) is 8.42 Å². The molecule has 1 aliphatic heterocycles. The Labute approximate surface area is 181 Å². The van der Waals surface area contributed by atoms with Crippen molar-refractivity contribution in [2.45, 2.75) is 17.9 Å². The molecule has 1 N–H and O–H groups in total. The van der Waals surface area contributed by atoms with Gasteiger partial charge in [-0.2, -0.15) is 0 Å². The summed E-state index contributed by atoms with van der Waals surface area (Å²) < 4.78 is 39.0. The standard InChI is InChI=1S/C23H22N2O5S/c1-16-7-13-19(14-8-16)31(27,28)25-15-22(30-21-6-4-3-5-20(21)25)23(26)24-17-9-11-18(29-2)12-10-17/h3-14,22H,15H2,1-2H3,(H,24,26)/t22-/m0/s1. The molecule has 0 aliphatic carbocycles. The van der Waals surface area contributed by atoms with Crippen LogP contribution in [0.5, 0.6) is 11.5 Å². The van der Waals surface area contributed by atoms with E-state index >= 15 is 0 Å². The number of carbonyl (C=O) groups excluding carboxylic acids is 1. The highest BCUT2D eigenvalue weighted by molar-refractivity contribution is 7.92. The molecule has 0 fully saturated rings. The van der Waals surface area contributed by atoms with Crippen LogP contribution in [-0.2, 0) is 14.8 Å². The third kappa shape index (κ3) is 4.20. The van der Waals surface area contributed by atoms with Gasteiger partial charge in [-0.05, 0) is 55.5 Å². The lowest BCUT2D eigenvalue weighted by Gasteiger charge is -2.34. The van der Waals surface area contributed by atoms with Crippen molar-refractivity contribution in [2.75, 3.05) is 23.3 Å². The molecule has 0 saturated carbocycles. The van der Waals surface area contributed by atoms with E-state index in [-0.39, 0.29) is 11.4 Å². The molecule has 4 rings (SSSR count). The maximum Gasteiger partial charge on any atom is 0.267 e. The number of fused-ring (bicyclic) bond motifs is 1. The van der Waals surface area contributed by atoms with E-state index in [0.29, 0.717) is 22.9 Å². The molecule has 0 unspecified atom stereocenters. The van der Waals surface area contributed by atoms with Gasteiger partial charge >= 0.3 is 0 Å². The molecule has 8 heteroatoms. The SMILES string of the molecule is COc1ccc(NC(=O)[C@@H]2CN(S(=O)(=O)c3ccc(C)cc3)c3ccccc3O2)cc1. The Kier molecular flexibility index (Phi) is 5.56. The molecule has 31 heavy (non-hydrogen) atoms. The first-order valence-electron chi connectivity index (χ1n) is 9.68. The van der Waals surface area contributed by atoms with Gasteiger partial charge < -0.3 is 14.8 Å². The van der Waals surface area contributed by atoms with E-state index < -0.39 is 22.0 Å². The molecule has 0 radical (unpaired) electrons. The van der Waals surface area contributed by atoms with Gasteiger partial charge in [0.15, 0.2) is 6.10 Å². The Hall–Kier alpha value is -3.52. The molecular formula is C23H22N2O5S. The number of nitrogens with zero attached hydrogens (tertiary/aromatic N) is 1.